The number of alkyl halides is 3. The second kappa shape index (κ2) is 7.14. The van der Waals surface area contributed by atoms with Crippen LogP contribution in [-0.4, -0.2) is 9.97 Å². The van der Waals surface area contributed by atoms with Crippen LogP contribution in [0.2, 0.25) is 0 Å². The molecule has 3 aromatic rings. The molecule has 0 radical (unpaired) electrons. The predicted molar refractivity (Wildman–Crippen MR) is 91.5 cm³/mol. The summed E-state index contributed by atoms with van der Waals surface area (Å²) < 4.78 is 66.1. The zero-order valence-corrected chi connectivity index (χ0v) is 13.7. The van der Waals surface area contributed by atoms with Crippen molar-refractivity contribution in [1.29, 1.82) is 0 Å². The number of halogens is 5. The summed E-state index contributed by atoms with van der Waals surface area (Å²) in [7, 11) is 0. The van der Waals surface area contributed by atoms with Gasteiger partial charge in [-0.1, -0.05) is 30.8 Å². The molecule has 0 saturated heterocycles. The van der Waals surface area contributed by atoms with Gasteiger partial charge in [-0.3, -0.25) is 4.98 Å². The first-order valence-corrected chi connectivity index (χ1v) is 7.66. The molecular weight excluding hydrogens is 365 g/mol. The number of anilines is 1. The molecule has 138 valence electrons. The molecule has 0 unspecified atom stereocenters. The highest BCUT2D eigenvalue weighted by atomic mass is 19.4. The van der Waals surface area contributed by atoms with Crippen LogP contribution >= 0.6 is 0 Å². The van der Waals surface area contributed by atoms with Crippen LogP contribution in [0.1, 0.15) is 11.4 Å². The van der Waals surface area contributed by atoms with Gasteiger partial charge in [0.25, 0.3) is 0 Å². The van der Waals surface area contributed by atoms with E-state index in [-0.39, 0.29) is 5.70 Å². The summed E-state index contributed by atoms with van der Waals surface area (Å²) in [6.45, 7) is 3.61. The minimum absolute atomic E-state index is 0.134. The highest BCUT2D eigenvalue weighted by molar-refractivity contribution is 5.85. The predicted octanol–water partition coefficient (Wildman–Crippen LogP) is 5.52. The van der Waals surface area contributed by atoms with Gasteiger partial charge in [-0.15, -0.1) is 0 Å². The molecule has 0 aliphatic rings. The van der Waals surface area contributed by atoms with Crippen molar-refractivity contribution in [2.45, 2.75) is 6.18 Å². The van der Waals surface area contributed by atoms with Crippen molar-refractivity contribution < 1.29 is 22.0 Å². The van der Waals surface area contributed by atoms with Crippen molar-refractivity contribution in [1.82, 2.24) is 9.97 Å². The average molecular weight is 377 g/mol. The quantitative estimate of drug-likeness (QED) is 0.608. The Morgan fingerprint density at radius 2 is 1.63 bits per heavy atom. The fourth-order valence-corrected chi connectivity index (χ4v) is 2.50. The maximum atomic E-state index is 13.6. The van der Waals surface area contributed by atoms with Gasteiger partial charge in [0.2, 0.25) is 0 Å². The molecule has 0 atom stereocenters. The van der Waals surface area contributed by atoms with Gasteiger partial charge in [0.05, 0.1) is 5.70 Å². The molecule has 0 bridgehead atoms. The number of aromatic nitrogens is 2. The van der Waals surface area contributed by atoms with Gasteiger partial charge in [0.1, 0.15) is 5.69 Å². The highest BCUT2D eigenvalue weighted by Gasteiger charge is 2.36. The lowest BCUT2D eigenvalue weighted by Gasteiger charge is -2.16. The first-order valence-electron chi connectivity index (χ1n) is 7.66. The first-order chi connectivity index (χ1) is 12.8. The van der Waals surface area contributed by atoms with Crippen LogP contribution in [0.3, 0.4) is 0 Å². The third-order valence-corrected chi connectivity index (χ3v) is 3.70. The number of hydrogen-bond donors (Lipinski definition) is 1. The number of rotatable bonds is 4. The van der Waals surface area contributed by atoms with Crippen molar-refractivity contribution in [2.24, 2.45) is 0 Å². The molecule has 0 saturated carbocycles. The van der Waals surface area contributed by atoms with Crippen LogP contribution in [0.5, 0.6) is 0 Å². The van der Waals surface area contributed by atoms with Gasteiger partial charge in [0, 0.05) is 23.6 Å². The summed E-state index contributed by atoms with van der Waals surface area (Å²) >= 11 is 0. The van der Waals surface area contributed by atoms with Crippen LogP contribution < -0.4 is 5.32 Å². The molecule has 3 rings (SSSR count). The molecule has 3 nitrogen and oxygen atoms in total. The number of para-hydroxylation sites is 1. The minimum Gasteiger partial charge on any atom is -0.354 e. The van der Waals surface area contributed by atoms with Crippen molar-refractivity contribution in [2.75, 3.05) is 5.32 Å². The fourth-order valence-electron chi connectivity index (χ4n) is 2.50. The molecule has 2 aromatic carbocycles. The van der Waals surface area contributed by atoms with Crippen LogP contribution in [0, 0.1) is 11.6 Å². The Kier molecular flexibility index (Phi) is 4.89. The number of nitrogens with zero attached hydrogens (tertiary/aromatic N) is 2. The molecular formula is C19H12F5N3. The average Bonchev–Trinajstić information content (AvgIpc) is 2.64. The Bertz CT molecular complexity index is 999. The number of nitrogens with one attached hydrogen (secondary N) is 1. The maximum absolute atomic E-state index is 13.6. The minimum atomic E-state index is -4.70. The largest absolute Gasteiger partial charge is 0.435 e. The van der Waals surface area contributed by atoms with E-state index >= 15 is 0 Å². The van der Waals surface area contributed by atoms with Gasteiger partial charge in [0.15, 0.2) is 17.3 Å². The Morgan fingerprint density at radius 3 is 2.33 bits per heavy atom. The van der Waals surface area contributed by atoms with Crippen molar-refractivity contribution in [3.05, 3.63) is 84.5 Å². The molecule has 0 spiro atoms. The van der Waals surface area contributed by atoms with Crippen molar-refractivity contribution >= 4 is 11.4 Å². The summed E-state index contributed by atoms with van der Waals surface area (Å²) in [5.41, 5.74) is -0.606. The van der Waals surface area contributed by atoms with E-state index < -0.39 is 29.2 Å². The number of hydrogen-bond acceptors (Lipinski definition) is 3. The lowest BCUT2D eigenvalue weighted by molar-refractivity contribution is -0.141. The maximum Gasteiger partial charge on any atom is 0.435 e. The van der Waals surface area contributed by atoms with Crippen LogP contribution in [0.25, 0.3) is 16.8 Å². The summed E-state index contributed by atoms with van der Waals surface area (Å²) in [4.78, 5) is 7.05. The van der Waals surface area contributed by atoms with E-state index in [1.165, 1.54) is 6.07 Å². The smallest absolute Gasteiger partial charge is 0.354 e. The Balaban J connectivity index is 1.98. The second-order valence-electron chi connectivity index (χ2n) is 5.53. The van der Waals surface area contributed by atoms with Gasteiger partial charge in [-0.2, -0.15) is 13.2 Å². The molecule has 1 heterocycles. The van der Waals surface area contributed by atoms with Crippen LogP contribution in [-0.2, 0) is 6.18 Å². The Labute approximate surface area is 151 Å². The Morgan fingerprint density at radius 1 is 0.926 bits per heavy atom. The van der Waals surface area contributed by atoms with Gasteiger partial charge < -0.3 is 5.32 Å². The van der Waals surface area contributed by atoms with E-state index in [1.54, 1.807) is 24.3 Å². The summed E-state index contributed by atoms with van der Waals surface area (Å²) in [5, 5.41) is 2.76. The normalized spacial score (nSPS) is 11.3. The SMILES string of the molecule is C=C(Nc1ccccc1-c1ccc(F)c(F)c1)c1nccnc1C(F)(F)F. The van der Waals surface area contributed by atoms with E-state index in [2.05, 4.69) is 21.9 Å². The third-order valence-electron chi connectivity index (χ3n) is 3.70. The Hall–Kier alpha value is -3.29. The van der Waals surface area contributed by atoms with E-state index in [0.717, 1.165) is 24.5 Å². The van der Waals surface area contributed by atoms with Crippen molar-refractivity contribution in [3.63, 3.8) is 0 Å². The van der Waals surface area contributed by atoms with E-state index in [1.807, 2.05) is 0 Å². The fraction of sp³-hybridized carbons (Fsp3) is 0.0526. The standard InChI is InChI=1S/C19H12F5N3/c1-11(17-18(19(22,23)24)26-9-8-25-17)27-16-5-3-2-4-13(16)12-6-7-14(20)15(21)10-12/h2-10,27H,1H2. The molecule has 8 heteroatoms. The molecule has 27 heavy (non-hydrogen) atoms. The summed E-state index contributed by atoms with van der Waals surface area (Å²) in [6, 6.07) is 9.83. The van der Waals surface area contributed by atoms with E-state index in [0.29, 0.717) is 16.8 Å². The molecule has 0 fully saturated rings. The molecule has 1 N–H and O–H groups in total. The van der Waals surface area contributed by atoms with Gasteiger partial charge >= 0.3 is 6.18 Å². The van der Waals surface area contributed by atoms with Gasteiger partial charge in [-0.05, 0) is 23.8 Å². The molecule has 0 aliphatic heterocycles. The molecule has 0 aliphatic carbocycles. The lowest BCUT2D eigenvalue weighted by Crippen LogP contribution is -2.15. The highest BCUT2D eigenvalue weighted by Crippen LogP contribution is 2.34. The zero-order valence-electron chi connectivity index (χ0n) is 13.7. The molecule has 1 aromatic heterocycles. The first kappa shape index (κ1) is 18.5. The summed E-state index contributed by atoms with van der Waals surface area (Å²) in [6.07, 6.45) is -2.64. The van der Waals surface area contributed by atoms with Crippen molar-refractivity contribution in [3.8, 4) is 11.1 Å². The monoisotopic (exact) mass is 377 g/mol. The van der Waals surface area contributed by atoms with Gasteiger partial charge in [-0.25, -0.2) is 13.8 Å². The summed E-state index contributed by atoms with van der Waals surface area (Å²) in [5.74, 6) is -2.03. The van der Waals surface area contributed by atoms with Crippen LogP contribution in [0.4, 0.5) is 27.6 Å². The van der Waals surface area contributed by atoms with E-state index in [4.69, 9.17) is 0 Å². The van der Waals surface area contributed by atoms with Crippen LogP contribution in [0.15, 0.2) is 61.4 Å². The third kappa shape index (κ3) is 3.94. The molecule has 0 amide bonds. The lowest BCUT2D eigenvalue weighted by atomic mass is 10.0. The zero-order chi connectivity index (χ0) is 19.6. The van der Waals surface area contributed by atoms with E-state index in [9.17, 15) is 22.0 Å². The second-order valence-corrected chi connectivity index (χ2v) is 5.53. The number of benzene rings is 2. The topological polar surface area (TPSA) is 37.8 Å².